The highest BCUT2D eigenvalue weighted by Gasteiger charge is 2.28. The van der Waals surface area contributed by atoms with Crippen LogP contribution in [0.25, 0.3) is 0 Å². The van der Waals surface area contributed by atoms with Crippen molar-refractivity contribution in [1.29, 1.82) is 0 Å². The Bertz CT molecular complexity index is 554. The third-order valence-corrected chi connectivity index (χ3v) is 6.51. The zero-order chi connectivity index (χ0) is 13.3. The van der Waals surface area contributed by atoms with Gasteiger partial charge in [-0.25, -0.2) is 8.42 Å². The molecule has 18 heavy (non-hydrogen) atoms. The summed E-state index contributed by atoms with van der Waals surface area (Å²) in [4.78, 5) is 0.310. The SMILES string of the molecule is Cc1cc(S(=O)(=O)N2CCOCC2)c(Br)cc1Br. The van der Waals surface area contributed by atoms with Crippen molar-refractivity contribution in [2.45, 2.75) is 11.8 Å². The van der Waals surface area contributed by atoms with Gasteiger partial charge in [-0.3, -0.25) is 0 Å². The zero-order valence-corrected chi connectivity index (χ0v) is 13.8. The second-order valence-corrected chi connectivity index (χ2v) is 7.66. The van der Waals surface area contributed by atoms with Crippen LogP contribution in [-0.4, -0.2) is 39.0 Å². The van der Waals surface area contributed by atoms with Crippen LogP contribution in [-0.2, 0) is 14.8 Å². The predicted octanol–water partition coefficient (Wildman–Crippen LogP) is 2.54. The number of hydrogen-bond acceptors (Lipinski definition) is 3. The van der Waals surface area contributed by atoms with E-state index in [1.165, 1.54) is 4.31 Å². The molecule has 0 aliphatic carbocycles. The number of rotatable bonds is 2. The van der Waals surface area contributed by atoms with Crippen LogP contribution in [0.15, 0.2) is 26.0 Å². The summed E-state index contributed by atoms with van der Waals surface area (Å²) in [5.41, 5.74) is 0.894. The summed E-state index contributed by atoms with van der Waals surface area (Å²) in [6.07, 6.45) is 0. The molecule has 0 amide bonds. The van der Waals surface area contributed by atoms with Crippen molar-refractivity contribution in [3.8, 4) is 0 Å². The van der Waals surface area contributed by atoms with E-state index in [1.54, 1.807) is 12.1 Å². The summed E-state index contributed by atoms with van der Waals surface area (Å²) in [7, 11) is -3.45. The monoisotopic (exact) mass is 397 g/mol. The smallest absolute Gasteiger partial charge is 0.244 e. The lowest BCUT2D eigenvalue weighted by Gasteiger charge is -2.26. The molecule has 0 atom stereocenters. The average molecular weight is 399 g/mol. The van der Waals surface area contributed by atoms with E-state index in [0.717, 1.165) is 10.0 Å². The Morgan fingerprint density at radius 2 is 1.78 bits per heavy atom. The van der Waals surface area contributed by atoms with Crippen molar-refractivity contribution in [2.24, 2.45) is 0 Å². The van der Waals surface area contributed by atoms with Crippen LogP contribution in [0.4, 0.5) is 0 Å². The topological polar surface area (TPSA) is 46.6 Å². The molecule has 7 heteroatoms. The number of halogens is 2. The summed E-state index contributed by atoms with van der Waals surface area (Å²) < 4.78 is 33.1. The van der Waals surface area contributed by atoms with Crippen LogP contribution in [0.1, 0.15) is 5.56 Å². The van der Waals surface area contributed by atoms with Gasteiger partial charge in [0.25, 0.3) is 0 Å². The molecule has 0 radical (unpaired) electrons. The first-order valence-electron chi connectivity index (χ1n) is 5.46. The maximum atomic E-state index is 12.5. The maximum absolute atomic E-state index is 12.5. The van der Waals surface area contributed by atoms with E-state index in [2.05, 4.69) is 31.9 Å². The predicted molar refractivity (Wildman–Crippen MR) is 76.2 cm³/mol. The van der Waals surface area contributed by atoms with E-state index >= 15 is 0 Å². The van der Waals surface area contributed by atoms with Crippen LogP contribution >= 0.6 is 31.9 Å². The molecule has 1 aromatic carbocycles. The fourth-order valence-electron chi connectivity index (χ4n) is 1.75. The van der Waals surface area contributed by atoms with Crippen molar-refractivity contribution < 1.29 is 13.2 Å². The Labute approximate surface area is 124 Å². The van der Waals surface area contributed by atoms with Gasteiger partial charge in [0, 0.05) is 22.0 Å². The average Bonchev–Trinajstić information content (AvgIpc) is 2.34. The Hall–Kier alpha value is 0.0500. The van der Waals surface area contributed by atoms with E-state index in [-0.39, 0.29) is 0 Å². The lowest BCUT2D eigenvalue weighted by atomic mass is 10.2. The van der Waals surface area contributed by atoms with Crippen molar-refractivity contribution in [3.63, 3.8) is 0 Å². The minimum atomic E-state index is -3.45. The van der Waals surface area contributed by atoms with E-state index in [0.29, 0.717) is 35.7 Å². The lowest BCUT2D eigenvalue weighted by Crippen LogP contribution is -2.40. The molecule has 1 aliphatic heterocycles. The molecule has 0 aromatic heterocycles. The van der Waals surface area contributed by atoms with Crippen LogP contribution < -0.4 is 0 Å². The summed E-state index contributed by atoms with van der Waals surface area (Å²) in [6.45, 7) is 3.58. The van der Waals surface area contributed by atoms with E-state index in [1.807, 2.05) is 6.92 Å². The van der Waals surface area contributed by atoms with E-state index in [4.69, 9.17) is 4.74 Å². The number of sulfonamides is 1. The fourth-order valence-corrected chi connectivity index (χ4v) is 4.90. The van der Waals surface area contributed by atoms with E-state index in [9.17, 15) is 8.42 Å². The maximum Gasteiger partial charge on any atom is 0.244 e. The number of ether oxygens (including phenoxy) is 1. The molecule has 1 aliphatic rings. The zero-order valence-electron chi connectivity index (χ0n) is 9.82. The molecule has 0 unspecified atom stereocenters. The minimum absolute atomic E-state index is 0.310. The van der Waals surface area contributed by atoms with Crippen molar-refractivity contribution in [2.75, 3.05) is 26.3 Å². The minimum Gasteiger partial charge on any atom is -0.379 e. The molecule has 4 nitrogen and oxygen atoms in total. The number of aryl methyl sites for hydroxylation is 1. The van der Waals surface area contributed by atoms with Gasteiger partial charge in [-0.15, -0.1) is 0 Å². The van der Waals surface area contributed by atoms with Gasteiger partial charge in [0.1, 0.15) is 0 Å². The van der Waals surface area contributed by atoms with Crippen molar-refractivity contribution in [1.82, 2.24) is 4.31 Å². The third kappa shape index (κ3) is 2.80. The summed E-state index contributed by atoms with van der Waals surface area (Å²) >= 11 is 6.70. The molecular formula is C11H13Br2NO3S. The molecular weight excluding hydrogens is 386 g/mol. The first-order valence-corrected chi connectivity index (χ1v) is 8.49. The molecule has 0 saturated carbocycles. The number of nitrogens with zero attached hydrogens (tertiary/aromatic N) is 1. The molecule has 1 heterocycles. The van der Waals surface area contributed by atoms with Gasteiger partial charge in [0.05, 0.1) is 18.1 Å². The Morgan fingerprint density at radius 3 is 2.39 bits per heavy atom. The molecule has 0 bridgehead atoms. The normalized spacial score (nSPS) is 17.9. The van der Waals surface area contributed by atoms with E-state index < -0.39 is 10.0 Å². The van der Waals surface area contributed by atoms with Gasteiger partial charge in [-0.2, -0.15) is 4.31 Å². The summed E-state index contributed by atoms with van der Waals surface area (Å²) in [6, 6.07) is 3.45. The first-order chi connectivity index (χ1) is 8.43. The van der Waals surface area contributed by atoms with Gasteiger partial charge >= 0.3 is 0 Å². The van der Waals surface area contributed by atoms with Crippen LogP contribution in [0, 0.1) is 6.92 Å². The second kappa shape index (κ2) is 5.58. The van der Waals surface area contributed by atoms with Gasteiger partial charge in [-0.05, 0) is 40.5 Å². The standard InChI is InChI=1S/C11H13Br2NO3S/c1-8-6-11(10(13)7-9(8)12)18(15,16)14-2-4-17-5-3-14/h6-7H,2-5H2,1H3. The largest absolute Gasteiger partial charge is 0.379 e. The highest BCUT2D eigenvalue weighted by atomic mass is 79.9. The molecule has 1 saturated heterocycles. The lowest BCUT2D eigenvalue weighted by molar-refractivity contribution is 0.0730. The number of morpholine rings is 1. The van der Waals surface area contributed by atoms with Crippen LogP contribution in [0.5, 0.6) is 0 Å². The Morgan fingerprint density at radius 1 is 1.17 bits per heavy atom. The molecule has 2 rings (SSSR count). The summed E-state index contributed by atoms with van der Waals surface area (Å²) in [5.74, 6) is 0. The molecule has 0 spiro atoms. The Kier molecular flexibility index (Phi) is 4.48. The third-order valence-electron chi connectivity index (χ3n) is 2.80. The number of hydrogen-bond donors (Lipinski definition) is 0. The van der Waals surface area contributed by atoms with Crippen molar-refractivity contribution >= 4 is 41.9 Å². The number of benzene rings is 1. The van der Waals surface area contributed by atoms with Crippen LogP contribution in [0.2, 0.25) is 0 Å². The van der Waals surface area contributed by atoms with Crippen molar-refractivity contribution in [3.05, 3.63) is 26.6 Å². The first kappa shape index (κ1) is 14.5. The molecule has 0 N–H and O–H groups in total. The molecule has 1 fully saturated rings. The fraction of sp³-hybridized carbons (Fsp3) is 0.455. The van der Waals surface area contributed by atoms with Crippen LogP contribution in [0.3, 0.4) is 0 Å². The van der Waals surface area contributed by atoms with Gasteiger partial charge in [-0.1, -0.05) is 15.9 Å². The van der Waals surface area contributed by atoms with Gasteiger partial charge in [0.2, 0.25) is 10.0 Å². The molecule has 100 valence electrons. The van der Waals surface area contributed by atoms with Gasteiger partial charge < -0.3 is 4.74 Å². The highest BCUT2D eigenvalue weighted by Crippen LogP contribution is 2.30. The van der Waals surface area contributed by atoms with Gasteiger partial charge in [0.15, 0.2) is 0 Å². The second-order valence-electron chi connectivity index (χ2n) is 4.05. The Balaban J connectivity index is 2.43. The highest BCUT2D eigenvalue weighted by molar-refractivity contribution is 9.11. The summed E-state index contributed by atoms with van der Waals surface area (Å²) in [5, 5.41) is 0. The molecule has 1 aromatic rings. The quantitative estimate of drug-likeness (QED) is 0.768.